The zero-order valence-electron chi connectivity index (χ0n) is 9.29. The van der Waals surface area contributed by atoms with Crippen LogP contribution in [0.3, 0.4) is 0 Å². The third kappa shape index (κ3) is 8.27. The molecule has 0 radical (unpaired) electrons. The quantitative estimate of drug-likeness (QED) is 0.862. The molecule has 0 fully saturated rings. The first-order valence-corrected chi connectivity index (χ1v) is 4.86. The van der Waals surface area contributed by atoms with Crippen molar-refractivity contribution in [2.45, 2.75) is 12.6 Å². The predicted octanol–water partition coefficient (Wildman–Crippen LogP) is 2.08. The first kappa shape index (κ1) is 15.4. The molecule has 0 amide bonds. The lowest BCUT2D eigenvalue weighted by atomic mass is 10.2. The lowest BCUT2D eigenvalue weighted by molar-refractivity contribution is -0.192. The Bertz CT molecular complexity index is 325. The molecule has 0 saturated carbocycles. The highest BCUT2D eigenvalue weighted by Gasteiger charge is 2.38. The van der Waals surface area contributed by atoms with E-state index in [0.717, 1.165) is 13.0 Å². The number of carbonyl (C=O) groups is 1. The number of hydrogen-bond donors (Lipinski definition) is 2. The fraction of sp³-hybridized carbons (Fsp3) is 0.364. The number of halogens is 3. The second-order valence-electron chi connectivity index (χ2n) is 3.14. The smallest absolute Gasteiger partial charge is 0.475 e. The molecule has 17 heavy (non-hydrogen) atoms. The molecule has 0 saturated heterocycles. The largest absolute Gasteiger partial charge is 0.490 e. The summed E-state index contributed by atoms with van der Waals surface area (Å²) in [6.45, 7) is 1.06. The van der Waals surface area contributed by atoms with Gasteiger partial charge in [-0.05, 0) is 25.6 Å². The number of likely N-dealkylation sites (N-methyl/N-ethyl adjacent to an activating group) is 1. The average Bonchev–Trinajstić information content (AvgIpc) is 2.27. The van der Waals surface area contributed by atoms with Crippen molar-refractivity contribution < 1.29 is 23.1 Å². The molecule has 0 bridgehead atoms. The Labute approximate surface area is 97.3 Å². The number of carboxylic acid groups (broad SMARTS) is 1. The number of benzene rings is 1. The van der Waals surface area contributed by atoms with Crippen molar-refractivity contribution >= 4 is 5.97 Å². The normalized spacial score (nSPS) is 10.4. The van der Waals surface area contributed by atoms with Crippen LogP contribution in [0.15, 0.2) is 30.3 Å². The molecule has 0 aromatic heterocycles. The zero-order valence-corrected chi connectivity index (χ0v) is 9.29. The van der Waals surface area contributed by atoms with Crippen LogP contribution in [0.25, 0.3) is 0 Å². The third-order valence-corrected chi connectivity index (χ3v) is 1.75. The van der Waals surface area contributed by atoms with Crippen molar-refractivity contribution in [1.82, 2.24) is 5.32 Å². The minimum absolute atomic E-state index is 1.06. The molecule has 0 aliphatic heterocycles. The Balaban J connectivity index is 0.000000325. The van der Waals surface area contributed by atoms with Gasteiger partial charge in [0.2, 0.25) is 0 Å². The van der Waals surface area contributed by atoms with Crippen LogP contribution >= 0.6 is 0 Å². The molecule has 0 aliphatic carbocycles. The highest BCUT2D eigenvalue weighted by Crippen LogP contribution is 2.13. The van der Waals surface area contributed by atoms with E-state index in [4.69, 9.17) is 9.90 Å². The molecule has 1 aromatic carbocycles. The van der Waals surface area contributed by atoms with Crippen molar-refractivity contribution in [3.63, 3.8) is 0 Å². The number of hydrogen-bond acceptors (Lipinski definition) is 2. The minimum Gasteiger partial charge on any atom is -0.475 e. The molecule has 2 N–H and O–H groups in total. The van der Waals surface area contributed by atoms with E-state index < -0.39 is 12.1 Å². The van der Waals surface area contributed by atoms with E-state index in [9.17, 15) is 13.2 Å². The molecular weight excluding hydrogens is 235 g/mol. The number of nitrogens with one attached hydrogen (secondary N) is 1. The van der Waals surface area contributed by atoms with Crippen LogP contribution in [0.5, 0.6) is 0 Å². The third-order valence-electron chi connectivity index (χ3n) is 1.75. The lowest BCUT2D eigenvalue weighted by Crippen LogP contribution is -2.21. The number of alkyl halides is 3. The topological polar surface area (TPSA) is 49.3 Å². The van der Waals surface area contributed by atoms with Crippen LogP contribution < -0.4 is 5.32 Å². The van der Waals surface area contributed by atoms with E-state index in [1.54, 1.807) is 0 Å². The van der Waals surface area contributed by atoms with E-state index in [0.29, 0.717) is 0 Å². The molecule has 0 unspecified atom stereocenters. The number of aliphatic carboxylic acids is 1. The summed E-state index contributed by atoms with van der Waals surface area (Å²) >= 11 is 0. The van der Waals surface area contributed by atoms with Crippen molar-refractivity contribution in [1.29, 1.82) is 0 Å². The summed E-state index contributed by atoms with van der Waals surface area (Å²) in [7, 11) is 1.98. The number of carboxylic acids is 1. The van der Waals surface area contributed by atoms with Crippen LogP contribution in [0.4, 0.5) is 13.2 Å². The fourth-order valence-corrected chi connectivity index (χ4v) is 0.914. The van der Waals surface area contributed by atoms with E-state index in [2.05, 4.69) is 29.6 Å². The van der Waals surface area contributed by atoms with Crippen molar-refractivity contribution in [3.05, 3.63) is 35.9 Å². The van der Waals surface area contributed by atoms with E-state index in [-0.39, 0.29) is 0 Å². The first-order chi connectivity index (χ1) is 7.88. The van der Waals surface area contributed by atoms with Crippen LogP contribution in [0.1, 0.15) is 5.56 Å². The summed E-state index contributed by atoms with van der Waals surface area (Å²) < 4.78 is 31.7. The van der Waals surface area contributed by atoms with Crippen LogP contribution in [-0.4, -0.2) is 30.8 Å². The molecule has 0 heterocycles. The van der Waals surface area contributed by atoms with Crippen molar-refractivity contribution in [2.75, 3.05) is 13.6 Å². The Hall–Kier alpha value is -1.56. The molecule has 1 rings (SSSR count). The molecular formula is C11H14F3NO2. The predicted molar refractivity (Wildman–Crippen MR) is 57.8 cm³/mol. The molecule has 1 aromatic rings. The highest BCUT2D eigenvalue weighted by atomic mass is 19.4. The van der Waals surface area contributed by atoms with Crippen LogP contribution in [0.2, 0.25) is 0 Å². The van der Waals surface area contributed by atoms with Gasteiger partial charge in [0.25, 0.3) is 0 Å². The summed E-state index contributed by atoms with van der Waals surface area (Å²) in [6.07, 6.45) is -3.96. The molecule has 96 valence electrons. The Kier molecular flexibility index (Phi) is 6.97. The lowest BCUT2D eigenvalue weighted by Gasteiger charge is -1.97. The second kappa shape index (κ2) is 7.67. The summed E-state index contributed by atoms with van der Waals surface area (Å²) in [5, 5.41) is 10.2. The van der Waals surface area contributed by atoms with Gasteiger partial charge in [0.1, 0.15) is 0 Å². The molecule has 0 atom stereocenters. The second-order valence-corrected chi connectivity index (χ2v) is 3.14. The number of rotatable bonds is 3. The van der Waals surface area contributed by atoms with Gasteiger partial charge in [-0.2, -0.15) is 13.2 Å². The van der Waals surface area contributed by atoms with E-state index >= 15 is 0 Å². The SMILES string of the molecule is CNCCc1ccccc1.O=C(O)C(F)(F)F. The molecule has 3 nitrogen and oxygen atoms in total. The highest BCUT2D eigenvalue weighted by molar-refractivity contribution is 5.73. The maximum atomic E-state index is 10.6. The van der Waals surface area contributed by atoms with Gasteiger partial charge in [0.15, 0.2) is 0 Å². The van der Waals surface area contributed by atoms with Crippen molar-refractivity contribution in [2.24, 2.45) is 0 Å². The van der Waals surface area contributed by atoms with Gasteiger partial charge in [-0.25, -0.2) is 4.79 Å². The molecule has 0 spiro atoms. The molecule has 0 aliphatic rings. The van der Waals surface area contributed by atoms with E-state index in [1.807, 2.05) is 13.1 Å². The summed E-state index contributed by atoms with van der Waals surface area (Å²) in [6, 6.07) is 10.5. The van der Waals surface area contributed by atoms with Gasteiger partial charge < -0.3 is 10.4 Å². The summed E-state index contributed by atoms with van der Waals surface area (Å²) in [5.41, 5.74) is 1.40. The minimum atomic E-state index is -5.08. The monoisotopic (exact) mass is 249 g/mol. The maximum Gasteiger partial charge on any atom is 0.490 e. The van der Waals surface area contributed by atoms with Gasteiger partial charge in [0, 0.05) is 0 Å². The van der Waals surface area contributed by atoms with Gasteiger partial charge in [-0.15, -0.1) is 0 Å². The fourth-order valence-electron chi connectivity index (χ4n) is 0.914. The maximum absolute atomic E-state index is 10.6. The van der Waals surface area contributed by atoms with Gasteiger partial charge in [-0.1, -0.05) is 30.3 Å². The summed E-state index contributed by atoms with van der Waals surface area (Å²) in [4.78, 5) is 8.90. The zero-order chi connectivity index (χ0) is 13.3. The first-order valence-electron chi connectivity index (χ1n) is 4.86. The van der Waals surface area contributed by atoms with Crippen LogP contribution in [0, 0.1) is 0 Å². The Morgan fingerprint density at radius 3 is 2.12 bits per heavy atom. The van der Waals surface area contributed by atoms with Crippen molar-refractivity contribution in [3.8, 4) is 0 Å². The Morgan fingerprint density at radius 1 is 1.29 bits per heavy atom. The van der Waals surface area contributed by atoms with Crippen LogP contribution in [-0.2, 0) is 11.2 Å². The standard InChI is InChI=1S/C9H13N.C2HF3O2/c1-10-8-7-9-5-3-2-4-6-9;3-2(4,5)1(6)7/h2-6,10H,7-8H2,1H3;(H,6,7). The van der Waals surface area contributed by atoms with Gasteiger partial charge >= 0.3 is 12.1 Å². The molecule has 6 heteroatoms. The van der Waals surface area contributed by atoms with E-state index in [1.165, 1.54) is 5.56 Å². The van der Waals surface area contributed by atoms with Gasteiger partial charge in [0.05, 0.1) is 0 Å². The average molecular weight is 249 g/mol. The Morgan fingerprint density at radius 2 is 1.76 bits per heavy atom. The van der Waals surface area contributed by atoms with Gasteiger partial charge in [-0.3, -0.25) is 0 Å². The summed E-state index contributed by atoms with van der Waals surface area (Å²) in [5.74, 6) is -2.76.